The summed E-state index contributed by atoms with van der Waals surface area (Å²) < 4.78 is 0. The van der Waals surface area contributed by atoms with E-state index in [0.717, 1.165) is 39.0 Å². The van der Waals surface area contributed by atoms with Gasteiger partial charge in [-0.2, -0.15) is 0 Å². The zero-order valence-corrected chi connectivity index (χ0v) is 30.8. The van der Waals surface area contributed by atoms with Crippen LogP contribution >= 0.6 is 0 Å². The highest BCUT2D eigenvalue weighted by Gasteiger charge is 2.17. The molecule has 1 N–H and O–H groups in total. The zero-order valence-electron chi connectivity index (χ0n) is 30.8. The Labute approximate surface area is 315 Å². The second kappa shape index (κ2) is 19.1. The Balaban J connectivity index is 1.58. The van der Waals surface area contributed by atoms with E-state index < -0.39 is 0 Å². The molecule has 5 aromatic carbocycles. The summed E-state index contributed by atoms with van der Waals surface area (Å²) in [5.41, 5.74) is 8.99. The van der Waals surface area contributed by atoms with Crippen molar-refractivity contribution in [3.05, 3.63) is 230 Å². The highest BCUT2D eigenvalue weighted by atomic mass is 14.8. The monoisotopic (exact) mass is 686 g/mol. The second-order valence-electron chi connectivity index (χ2n) is 12.2. The van der Waals surface area contributed by atoms with E-state index in [1.807, 2.05) is 118 Å². The van der Waals surface area contributed by atoms with Crippen LogP contribution in [-0.4, -0.2) is 11.5 Å². The third-order valence-corrected chi connectivity index (χ3v) is 8.80. The van der Waals surface area contributed by atoms with Gasteiger partial charge in [0, 0.05) is 11.1 Å². The molecule has 5 aromatic rings. The largest absolute Gasteiger partial charge is 0.282 e. The van der Waals surface area contributed by atoms with Gasteiger partial charge in [-0.3, -0.25) is 5.41 Å². The maximum atomic E-state index is 9.14. The first-order chi connectivity index (χ1) is 26.0. The van der Waals surface area contributed by atoms with Crippen LogP contribution in [0.15, 0.2) is 212 Å². The van der Waals surface area contributed by atoms with Gasteiger partial charge < -0.3 is 0 Å². The molecule has 0 heterocycles. The lowest BCUT2D eigenvalue weighted by molar-refractivity contribution is 1.41. The number of fused-ring (bicyclic) bond motifs is 2. The Morgan fingerprint density at radius 2 is 1.17 bits per heavy atom. The van der Waals surface area contributed by atoms with Crippen molar-refractivity contribution in [1.29, 1.82) is 5.41 Å². The van der Waals surface area contributed by atoms with Crippen LogP contribution in [0.5, 0.6) is 0 Å². The zero-order chi connectivity index (χ0) is 37.4. The van der Waals surface area contributed by atoms with E-state index in [1.54, 1.807) is 6.08 Å². The third-order valence-electron chi connectivity index (χ3n) is 8.80. The third kappa shape index (κ3) is 9.18. The minimum atomic E-state index is 0.186. The van der Waals surface area contributed by atoms with Crippen molar-refractivity contribution in [2.75, 3.05) is 0 Å². The molecule has 0 saturated carbocycles. The number of nitrogens with one attached hydrogen (secondary N) is 1. The lowest BCUT2D eigenvalue weighted by Gasteiger charge is -2.18. The summed E-state index contributed by atoms with van der Waals surface area (Å²) in [6, 6.07) is 33.6. The van der Waals surface area contributed by atoms with E-state index >= 15 is 0 Å². The second-order valence-corrected chi connectivity index (χ2v) is 12.2. The molecule has 0 radical (unpaired) electrons. The van der Waals surface area contributed by atoms with E-state index in [-0.39, 0.29) is 5.84 Å². The summed E-state index contributed by atoms with van der Waals surface area (Å²) in [5.74, 6) is 0.186. The van der Waals surface area contributed by atoms with Gasteiger partial charge in [0.1, 0.15) is 0 Å². The Bertz CT molecular complexity index is 2340. The average molecular weight is 687 g/mol. The van der Waals surface area contributed by atoms with Crippen molar-refractivity contribution in [2.45, 2.75) is 20.8 Å². The van der Waals surface area contributed by atoms with Gasteiger partial charge in [0.15, 0.2) is 5.84 Å². The van der Waals surface area contributed by atoms with Crippen molar-refractivity contribution < 1.29 is 0 Å². The summed E-state index contributed by atoms with van der Waals surface area (Å²) in [5, 5.41) is 13.8. The number of aliphatic imine (C=N–C) groups is 1. The van der Waals surface area contributed by atoms with Gasteiger partial charge in [-0.15, -0.1) is 0 Å². The maximum absolute atomic E-state index is 9.14. The van der Waals surface area contributed by atoms with E-state index in [4.69, 9.17) is 10.4 Å². The van der Waals surface area contributed by atoms with Crippen LogP contribution in [0.4, 0.5) is 0 Å². The predicted molar refractivity (Wildman–Crippen MR) is 235 cm³/mol. The molecule has 53 heavy (non-hydrogen) atoms. The molecule has 260 valence electrons. The molecule has 0 saturated heterocycles. The van der Waals surface area contributed by atoms with E-state index in [1.165, 1.54) is 27.1 Å². The van der Waals surface area contributed by atoms with Gasteiger partial charge in [-0.25, -0.2) is 4.99 Å². The summed E-state index contributed by atoms with van der Waals surface area (Å²) >= 11 is 0. The molecule has 0 fully saturated rings. The molecule has 0 aliphatic carbocycles. The molecule has 2 heteroatoms. The molecular weight excluding hydrogens is 641 g/mol. The summed E-state index contributed by atoms with van der Waals surface area (Å²) in [7, 11) is 0. The fourth-order valence-electron chi connectivity index (χ4n) is 6.28. The van der Waals surface area contributed by atoms with Crippen molar-refractivity contribution >= 4 is 44.2 Å². The number of benzene rings is 5. The average Bonchev–Trinajstić information content (AvgIpc) is 3.20. The highest BCUT2D eigenvalue weighted by Crippen LogP contribution is 2.42. The molecule has 0 unspecified atom stereocenters. The van der Waals surface area contributed by atoms with Crippen LogP contribution in [0.25, 0.3) is 43.8 Å². The minimum Gasteiger partial charge on any atom is -0.282 e. The Kier molecular flexibility index (Phi) is 13.6. The number of amidine groups is 1. The van der Waals surface area contributed by atoms with Crippen LogP contribution in [0, 0.1) is 5.41 Å². The van der Waals surface area contributed by atoms with Crippen molar-refractivity contribution in [3.8, 4) is 11.1 Å². The highest BCUT2D eigenvalue weighted by molar-refractivity contribution is 6.20. The van der Waals surface area contributed by atoms with Gasteiger partial charge >= 0.3 is 0 Å². The summed E-state index contributed by atoms with van der Waals surface area (Å²) in [6.45, 7) is 14.0. The predicted octanol–water partition coefficient (Wildman–Crippen LogP) is 14.0. The summed E-state index contributed by atoms with van der Waals surface area (Å²) in [4.78, 5) is 4.90. The molecule has 0 spiro atoms. The van der Waals surface area contributed by atoms with Crippen molar-refractivity contribution in [1.82, 2.24) is 0 Å². The molecule has 0 amide bonds. The molecule has 5 rings (SSSR count). The smallest absolute Gasteiger partial charge is 0.152 e. The lowest BCUT2D eigenvalue weighted by atomic mass is 9.85. The molecule has 0 aromatic heterocycles. The first kappa shape index (κ1) is 37.6. The van der Waals surface area contributed by atoms with Gasteiger partial charge in [0.25, 0.3) is 0 Å². The first-order valence-electron chi connectivity index (χ1n) is 17.9. The van der Waals surface area contributed by atoms with Gasteiger partial charge in [0.2, 0.25) is 0 Å². The number of nitrogens with zero attached hydrogens (tertiary/aromatic N) is 1. The van der Waals surface area contributed by atoms with Gasteiger partial charge in [0.05, 0.1) is 5.71 Å². The van der Waals surface area contributed by atoms with Crippen LogP contribution in [0.1, 0.15) is 43.0 Å². The summed E-state index contributed by atoms with van der Waals surface area (Å²) in [6.07, 6.45) is 31.8. The van der Waals surface area contributed by atoms with E-state index in [0.29, 0.717) is 5.71 Å². The normalized spacial score (nSPS) is 13.3. The SMILES string of the molecule is C=C/C=C\C(=C/C)c1cccc(C(/C=C/C=C/C=C\C=C/C)=NC(=N)c2ccc(-c3c4ccccc4c(/C(C=C)=C/C=C\C)c4ccccc34)cc2)c1. The number of allylic oxidation sites excluding steroid dienone is 18. The Hall–Kier alpha value is -6.64. The molecular formula is C51H46N2. The number of hydrogen-bond donors (Lipinski definition) is 1. The molecule has 0 aliphatic rings. The Morgan fingerprint density at radius 3 is 1.77 bits per heavy atom. The Morgan fingerprint density at radius 1 is 0.566 bits per heavy atom. The van der Waals surface area contributed by atoms with Gasteiger partial charge in [-0.1, -0.05) is 195 Å². The number of hydrogen-bond acceptors (Lipinski definition) is 1. The standard InChI is InChI=1S/C51H46N2/c1-6-11-14-15-16-17-18-32-48(43-27-23-26-42(37-43)38(9-4)24-12-7-2)53-51(52)41-35-33-40(34-36-41)50-46-30-21-19-28-44(46)49(39(10-5)25-13-8-3)45-29-20-22-31-47(45)50/h6-37,52H,2,5H2,1,3-4H3/b11-6-,13-8-,15-14-,17-16+,24-12-,32-18+,38-9+,39-25+,52-51?,53-48?. The van der Waals surface area contributed by atoms with Crippen LogP contribution in [0.3, 0.4) is 0 Å². The van der Waals surface area contributed by atoms with E-state index in [9.17, 15) is 0 Å². The quantitative estimate of drug-likeness (QED) is 0.0554. The first-order valence-corrected chi connectivity index (χ1v) is 17.9. The maximum Gasteiger partial charge on any atom is 0.152 e. The fourth-order valence-corrected chi connectivity index (χ4v) is 6.28. The van der Waals surface area contributed by atoms with Gasteiger partial charge in [-0.05, 0) is 87.9 Å². The molecule has 0 aliphatic heterocycles. The minimum absolute atomic E-state index is 0.186. The molecule has 2 nitrogen and oxygen atoms in total. The van der Waals surface area contributed by atoms with Crippen LogP contribution in [0.2, 0.25) is 0 Å². The lowest BCUT2D eigenvalue weighted by Crippen LogP contribution is -2.04. The number of rotatable bonds is 13. The molecule has 0 bridgehead atoms. The van der Waals surface area contributed by atoms with Crippen LogP contribution in [-0.2, 0) is 0 Å². The topological polar surface area (TPSA) is 36.2 Å². The fraction of sp³-hybridized carbons (Fsp3) is 0.0588. The van der Waals surface area contributed by atoms with Crippen molar-refractivity contribution in [2.24, 2.45) is 4.99 Å². The molecule has 0 atom stereocenters. The van der Waals surface area contributed by atoms with E-state index in [2.05, 4.69) is 104 Å². The van der Waals surface area contributed by atoms with Crippen LogP contribution < -0.4 is 0 Å². The van der Waals surface area contributed by atoms with Crippen molar-refractivity contribution in [3.63, 3.8) is 0 Å².